The van der Waals surface area contributed by atoms with Gasteiger partial charge in [-0.2, -0.15) is 0 Å². The van der Waals surface area contributed by atoms with E-state index in [9.17, 15) is 0 Å². The van der Waals surface area contributed by atoms with E-state index < -0.39 is 0 Å². The van der Waals surface area contributed by atoms with Crippen molar-refractivity contribution in [3.05, 3.63) is 41.0 Å². The van der Waals surface area contributed by atoms with Gasteiger partial charge >= 0.3 is 0 Å². The Morgan fingerprint density at radius 2 is 2.00 bits per heavy atom. The molecule has 8 nitrogen and oxygen atoms in total. The lowest BCUT2D eigenvalue weighted by atomic mass is 10.1. The van der Waals surface area contributed by atoms with E-state index in [1.54, 1.807) is 14.2 Å². The molecule has 1 aliphatic heterocycles. The molecule has 2 N–H and O–H groups in total. The first-order chi connectivity index (χ1) is 14.2. The highest BCUT2D eigenvalue weighted by molar-refractivity contribution is 5.79. The van der Waals surface area contributed by atoms with Gasteiger partial charge in [-0.05, 0) is 31.4 Å². The van der Waals surface area contributed by atoms with E-state index in [4.69, 9.17) is 9.47 Å². The molecular formula is C21H32N6O2. The number of hydrogen-bond donors (Lipinski definition) is 2. The summed E-state index contributed by atoms with van der Waals surface area (Å²) in [6, 6.07) is 6.21. The minimum atomic E-state index is 0.526. The number of benzene rings is 1. The molecule has 29 heavy (non-hydrogen) atoms. The number of aromatic nitrogens is 3. The number of ether oxygens (including phenoxy) is 2. The quantitative estimate of drug-likeness (QED) is 0.401. The number of guanidine groups is 1. The number of hydrogen-bond acceptors (Lipinski definition) is 5. The lowest BCUT2D eigenvalue weighted by Gasteiger charge is -2.15. The van der Waals surface area contributed by atoms with Crippen LogP contribution >= 0.6 is 0 Å². The number of nitrogens with zero attached hydrogens (tertiary/aromatic N) is 4. The second-order valence-corrected chi connectivity index (χ2v) is 7.23. The van der Waals surface area contributed by atoms with Crippen LogP contribution in [0.3, 0.4) is 0 Å². The summed E-state index contributed by atoms with van der Waals surface area (Å²) in [7, 11) is 3.44. The molecule has 2 aromatic rings. The van der Waals surface area contributed by atoms with Gasteiger partial charge in [-0.3, -0.25) is 4.99 Å². The van der Waals surface area contributed by atoms with E-state index in [2.05, 4.69) is 49.4 Å². The largest absolute Gasteiger partial charge is 0.491 e. The number of aliphatic imine (C=N–C) groups is 1. The van der Waals surface area contributed by atoms with Crippen LogP contribution in [0.5, 0.6) is 5.75 Å². The van der Waals surface area contributed by atoms with Crippen molar-refractivity contribution in [1.82, 2.24) is 25.4 Å². The van der Waals surface area contributed by atoms with Crippen molar-refractivity contribution in [1.29, 1.82) is 0 Å². The van der Waals surface area contributed by atoms with E-state index >= 15 is 0 Å². The summed E-state index contributed by atoms with van der Waals surface area (Å²) >= 11 is 0. The van der Waals surface area contributed by atoms with Crippen LogP contribution in [0.4, 0.5) is 0 Å². The molecule has 8 heteroatoms. The summed E-state index contributed by atoms with van der Waals surface area (Å²) in [4.78, 5) is 4.33. The summed E-state index contributed by atoms with van der Waals surface area (Å²) < 4.78 is 13.2. The lowest BCUT2D eigenvalue weighted by Crippen LogP contribution is -2.37. The summed E-state index contributed by atoms with van der Waals surface area (Å²) in [5, 5.41) is 15.4. The van der Waals surface area contributed by atoms with Crippen molar-refractivity contribution in [2.45, 2.75) is 52.2 Å². The van der Waals surface area contributed by atoms with E-state index in [0.717, 1.165) is 47.5 Å². The number of methoxy groups -OCH3 is 1. The van der Waals surface area contributed by atoms with Gasteiger partial charge in [0.1, 0.15) is 18.2 Å². The molecule has 3 rings (SSSR count). The Bertz CT molecular complexity index is 817. The molecule has 1 aromatic heterocycles. The predicted octanol–water partition coefficient (Wildman–Crippen LogP) is 2.20. The molecule has 0 bridgehead atoms. The van der Waals surface area contributed by atoms with Crippen LogP contribution < -0.4 is 15.4 Å². The summed E-state index contributed by atoms with van der Waals surface area (Å²) in [6.45, 7) is 5.35. The van der Waals surface area contributed by atoms with Gasteiger partial charge < -0.3 is 24.7 Å². The summed E-state index contributed by atoms with van der Waals surface area (Å²) in [6.07, 6.45) is 4.65. The number of fused-ring (bicyclic) bond motifs is 1. The number of nitrogens with one attached hydrogen (secondary N) is 2. The van der Waals surface area contributed by atoms with Crippen molar-refractivity contribution in [2.75, 3.05) is 27.4 Å². The molecule has 1 aromatic carbocycles. The Labute approximate surface area is 172 Å². The highest BCUT2D eigenvalue weighted by Crippen LogP contribution is 2.20. The number of aryl methyl sites for hydroxylation is 2. The topological polar surface area (TPSA) is 85.6 Å². The maximum atomic E-state index is 5.87. The first kappa shape index (κ1) is 21.1. The molecule has 2 heterocycles. The molecule has 0 aliphatic carbocycles. The smallest absolute Gasteiger partial charge is 0.191 e. The first-order valence-corrected chi connectivity index (χ1v) is 10.3. The third-order valence-corrected chi connectivity index (χ3v) is 5.04. The molecule has 0 unspecified atom stereocenters. The second-order valence-electron chi connectivity index (χ2n) is 7.23. The molecule has 0 radical (unpaired) electrons. The Morgan fingerprint density at radius 3 is 2.83 bits per heavy atom. The molecule has 0 fully saturated rings. The van der Waals surface area contributed by atoms with E-state index in [0.29, 0.717) is 26.3 Å². The Hall–Kier alpha value is -2.61. The molecule has 1 aliphatic rings. The fourth-order valence-corrected chi connectivity index (χ4v) is 3.42. The zero-order valence-electron chi connectivity index (χ0n) is 17.7. The van der Waals surface area contributed by atoms with Gasteiger partial charge in [0.25, 0.3) is 0 Å². The summed E-state index contributed by atoms with van der Waals surface area (Å²) in [5.74, 6) is 3.65. The van der Waals surface area contributed by atoms with Gasteiger partial charge in [0, 0.05) is 39.2 Å². The monoisotopic (exact) mass is 400 g/mol. The van der Waals surface area contributed by atoms with Gasteiger partial charge in [0.2, 0.25) is 0 Å². The fourth-order valence-electron chi connectivity index (χ4n) is 3.42. The molecule has 0 spiro atoms. The highest BCUT2D eigenvalue weighted by Gasteiger charge is 2.15. The molecule has 0 saturated carbocycles. The maximum Gasteiger partial charge on any atom is 0.191 e. The third kappa shape index (κ3) is 5.93. The zero-order valence-corrected chi connectivity index (χ0v) is 17.7. The van der Waals surface area contributed by atoms with Crippen LogP contribution in [0.25, 0.3) is 0 Å². The lowest BCUT2D eigenvalue weighted by molar-refractivity contribution is 0.145. The van der Waals surface area contributed by atoms with Gasteiger partial charge in [0.15, 0.2) is 11.8 Å². The molecule has 158 valence electrons. The SMILES string of the molecule is CN=C(NCc1ccc(C)cc1OCCOC)NCc1nnc2n1CCCCC2. The number of rotatable bonds is 8. The average Bonchev–Trinajstić information content (AvgIpc) is 2.95. The van der Waals surface area contributed by atoms with Crippen LogP contribution in [-0.4, -0.2) is 48.1 Å². The third-order valence-electron chi connectivity index (χ3n) is 5.04. The van der Waals surface area contributed by atoms with E-state index in [1.165, 1.54) is 19.3 Å². The van der Waals surface area contributed by atoms with Crippen molar-refractivity contribution < 1.29 is 9.47 Å². The molecular weight excluding hydrogens is 368 g/mol. The van der Waals surface area contributed by atoms with E-state index in [1.807, 2.05) is 6.07 Å². The van der Waals surface area contributed by atoms with Crippen LogP contribution in [0.2, 0.25) is 0 Å². The summed E-state index contributed by atoms with van der Waals surface area (Å²) in [5.41, 5.74) is 2.24. The Kier molecular flexibility index (Phi) is 7.86. The highest BCUT2D eigenvalue weighted by atomic mass is 16.5. The van der Waals surface area contributed by atoms with Gasteiger partial charge in [0.05, 0.1) is 13.2 Å². The fraction of sp³-hybridized carbons (Fsp3) is 0.571. The maximum absolute atomic E-state index is 5.87. The van der Waals surface area contributed by atoms with Crippen LogP contribution in [0.15, 0.2) is 23.2 Å². The van der Waals surface area contributed by atoms with Crippen LogP contribution in [-0.2, 0) is 30.8 Å². The van der Waals surface area contributed by atoms with Gasteiger partial charge in [-0.1, -0.05) is 18.6 Å². The Balaban J connectivity index is 1.57. The van der Waals surface area contributed by atoms with Crippen LogP contribution in [0.1, 0.15) is 42.0 Å². The standard InChI is InChI=1S/C21H32N6O2/c1-16-8-9-17(18(13-16)29-12-11-28-3)14-23-21(22-2)24-15-20-26-25-19-7-5-4-6-10-27(19)20/h8-9,13H,4-7,10-12,14-15H2,1-3H3,(H2,22,23,24). The van der Waals surface area contributed by atoms with Crippen molar-refractivity contribution in [3.8, 4) is 5.75 Å². The second kappa shape index (κ2) is 10.8. The molecule has 0 atom stereocenters. The van der Waals surface area contributed by atoms with Gasteiger partial charge in [-0.25, -0.2) is 0 Å². The van der Waals surface area contributed by atoms with Crippen molar-refractivity contribution >= 4 is 5.96 Å². The minimum absolute atomic E-state index is 0.526. The molecule has 0 saturated heterocycles. The van der Waals surface area contributed by atoms with Gasteiger partial charge in [-0.15, -0.1) is 10.2 Å². The first-order valence-electron chi connectivity index (χ1n) is 10.3. The minimum Gasteiger partial charge on any atom is -0.491 e. The Morgan fingerprint density at radius 1 is 1.14 bits per heavy atom. The average molecular weight is 401 g/mol. The van der Waals surface area contributed by atoms with E-state index in [-0.39, 0.29) is 0 Å². The van der Waals surface area contributed by atoms with Crippen molar-refractivity contribution in [2.24, 2.45) is 4.99 Å². The van der Waals surface area contributed by atoms with Crippen molar-refractivity contribution in [3.63, 3.8) is 0 Å². The zero-order chi connectivity index (χ0) is 20.5. The normalized spacial score (nSPS) is 14.2. The molecule has 0 amide bonds. The van der Waals surface area contributed by atoms with Crippen LogP contribution in [0, 0.1) is 6.92 Å². The predicted molar refractivity (Wildman–Crippen MR) is 113 cm³/mol.